The van der Waals surface area contributed by atoms with Crippen LogP contribution in [0.1, 0.15) is 11.1 Å². The highest BCUT2D eigenvalue weighted by atomic mass is 14.2. The van der Waals surface area contributed by atoms with Crippen molar-refractivity contribution in [2.75, 3.05) is 0 Å². The van der Waals surface area contributed by atoms with Gasteiger partial charge in [-0.2, -0.15) is 0 Å². The van der Waals surface area contributed by atoms with Gasteiger partial charge in [-0.05, 0) is 49.9 Å². The van der Waals surface area contributed by atoms with Crippen molar-refractivity contribution in [3.8, 4) is 0 Å². The van der Waals surface area contributed by atoms with Crippen molar-refractivity contribution in [3.05, 3.63) is 59.7 Å². The molecule has 0 saturated carbocycles. The van der Waals surface area contributed by atoms with Gasteiger partial charge < -0.3 is 0 Å². The molecule has 0 heteroatoms. The lowest BCUT2D eigenvalue weighted by molar-refractivity contribution is 1.17. The third-order valence-electron chi connectivity index (χ3n) is 4.18. The number of hydrogen-bond donors (Lipinski definition) is 0. The number of rotatable bonds is 0. The Labute approximate surface area is 98.8 Å². The molecule has 1 aliphatic rings. The number of hydrogen-bond acceptors (Lipinski definition) is 0. The van der Waals surface area contributed by atoms with Gasteiger partial charge in [-0.3, -0.25) is 0 Å². The molecule has 0 spiro atoms. The Hall–Kier alpha value is -2.08. The van der Waals surface area contributed by atoms with Gasteiger partial charge in [-0.1, -0.05) is 48.5 Å². The minimum atomic E-state index is 1.15. The molecule has 5 rings (SSSR count). The Morgan fingerprint density at radius 1 is 0.588 bits per heavy atom. The van der Waals surface area contributed by atoms with Crippen LogP contribution >= 0.6 is 0 Å². The molecule has 0 saturated heterocycles. The van der Waals surface area contributed by atoms with Gasteiger partial charge in [-0.15, -0.1) is 0 Å². The zero-order valence-electron chi connectivity index (χ0n) is 9.33. The smallest absolute Gasteiger partial charge is 0.00130 e. The Morgan fingerprint density at radius 3 is 2.29 bits per heavy atom. The van der Waals surface area contributed by atoms with Crippen LogP contribution in [-0.2, 0) is 6.42 Å². The average Bonchev–Trinajstić information content (AvgIpc) is 2.34. The lowest BCUT2D eigenvalue weighted by Gasteiger charge is -2.24. The summed E-state index contributed by atoms with van der Waals surface area (Å²) >= 11 is 0. The molecule has 0 nitrogen and oxygen atoms in total. The molecule has 1 aliphatic carbocycles. The van der Waals surface area contributed by atoms with Gasteiger partial charge in [0, 0.05) is 0 Å². The van der Waals surface area contributed by atoms with E-state index in [1.165, 1.54) is 43.4 Å². The van der Waals surface area contributed by atoms with Crippen LogP contribution in [0, 0.1) is 0 Å². The highest BCUT2D eigenvalue weighted by molar-refractivity contribution is 6.25. The molecule has 0 aliphatic heterocycles. The molecule has 0 fully saturated rings. The molecule has 0 unspecified atom stereocenters. The first-order chi connectivity index (χ1) is 8.42. The fraction of sp³-hybridized carbons (Fsp3) is 0.0588. The maximum Gasteiger partial charge on any atom is -0.00130 e. The van der Waals surface area contributed by atoms with Crippen LogP contribution in [0.5, 0.6) is 0 Å². The second-order valence-corrected chi connectivity index (χ2v) is 5.06. The Kier molecular flexibility index (Phi) is 1.15. The normalized spacial score (nSPS) is 13.6. The minimum Gasteiger partial charge on any atom is -0.0610 e. The van der Waals surface area contributed by atoms with E-state index in [0.29, 0.717) is 0 Å². The lowest BCUT2D eigenvalue weighted by Crippen LogP contribution is -2.04. The van der Waals surface area contributed by atoms with E-state index in [1.807, 2.05) is 0 Å². The van der Waals surface area contributed by atoms with Gasteiger partial charge in [0.2, 0.25) is 0 Å². The van der Waals surface area contributed by atoms with Gasteiger partial charge in [0.15, 0.2) is 0 Å². The maximum atomic E-state index is 2.37. The van der Waals surface area contributed by atoms with Crippen LogP contribution in [0.2, 0.25) is 0 Å². The van der Waals surface area contributed by atoms with Crippen molar-refractivity contribution in [3.63, 3.8) is 0 Å². The monoisotopic (exact) mass is 214 g/mol. The highest BCUT2D eigenvalue weighted by Gasteiger charge is 2.20. The topological polar surface area (TPSA) is 0 Å². The molecule has 0 aromatic heterocycles. The minimum absolute atomic E-state index is 1.15. The molecule has 0 atom stereocenters. The van der Waals surface area contributed by atoms with Gasteiger partial charge in [0.1, 0.15) is 0 Å². The predicted molar refractivity (Wildman–Crippen MR) is 73.0 cm³/mol. The zero-order valence-corrected chi connectivity index (χ0v) is 9.33. The Morgan fingerprint density at radius 2 is 1.35 bits per heavy atom. The molecular formula is C17H10. The van der Waals surface area contributed by atoms with E-state index in [1.54, 1.807) is 0 Å². The summed E-state index contributed by atoms with van der Waals surface area (Å²) in [6.07, 6.45) is 1.15. The largest absolute Gasteiger partial charge is 0.0610 e. The summed E-state index contributed by atoms with van der Waals surface area (Å²) in [6, 6.07) is 18.0. The fourth-order valence-electron chi connectivity index (χ4n) is 3.40. The molecule has 0 radical (unpaired) electrons. The SMILES string of the molecule is c1cc2ccc3ccc4c5c(cc(c1)c2c35)C4. The van der Waals surface area contributed by atoms with Crippen molar-refractivity contribution in [1.29, 1.82) is 0 Å². The van der Waals surface area contributed by atoms with E-state index in [2.05, 4.69) is 48.5 Å². The Bertz CT molecular complexity index is 900. The standard InChI is InChI=1S/C17H10/c1-2-10-4-5-11-6-7-13-9-14-8-12(3-1)15(10)17(11)16(13)14/h1-8H,9H2. The second kappa shape index (κ2) is 2.43. The van der Waals surface area contributed by atoms with Crippen LogP contribution in [0.25, 0.3) is 32.3 Å². The predicted octanol–water partition coefficient (Wildman–Crippen LogP) is 4.49. The van der Waals surface area contributed by atoms with Crippen LogP contribution in [0.15, 0.2) is 48.5 Å². The van der Waals surface area contributed by atoms with Crippen LogP contribution in [-0.4, -0.2) is 0 Å². The molecular weight excluding hydrogens is 204 g/mol. The summed E-state index contributed by atoms with van der Waals surface area (Å²) in [4.78, 5) is 0. The van der Waals surface area contributed by atoms with E-state index < -0.39 is 0 Å². The first-order valence-electron chi connectivity index (χ1n) is 6.10. The van der Waals surface area contributed by atoms with E-state index >= 15 is 0 Å². The number of benzene rings is 4. The summed E-state index contributed by atoms with van der Waals surface area (Å²) in [5.41, 5.74) is 3.04. The van der Waals surface area contributed by atoms with E-state index in [9.17, 15) is 0 Å². The van der Waals surface area contributed by atoms with Crippen molar-refractivity contribution < 1.29 is 0 Å². The van der Waals surface area contributed by atoms with Gasteiger partial charge >= 0.3 is 0 Å². The molecule has 17 heavy (non-hydrogen) atoms. The summed E-state index contributed by atoms with van der Waals surface area (Å²) in [5.74, 6) is 0. The molecule has 0 bridgehead atoms. The van der Waals surface area contributed by atoms with E-state index in [-0.39, 0.29) is 0 Å². The summed E-state index contributed by atoms with van der Waals surface area (Å²) in [7, 11) is 0. The Balaban J connectivity index is 2.30. The summed E-state index contributed by atoms with van der Waals surface area (Å²) < 4.78 is 0. The first kappa shape index (κ1) is 8.08. The third kappa shape index (κ3) is 0.794. The molecule has 4 aromatic rings. The average molecular weight is 214 g/mol. The third-order valence-corrected chi connectivity index (χ3v) is 4.18. The molecule has 0 amide bonds. The fourth-order valence-corrected chi connectivity index (χ4v) is 3.40. The maximum absolute atomic E-state index is 2.37. The summed E-state index contributed by atoms with van der Waals surface area (Å²) in [6.45, 7) is 0. The van der Waals surface area contributed by atoms with Crippen molar-refractivity contribution in [1.82, 2.24) is 0 Å². The van der Waals surface area contributed by atoms with Crippen molar-refractivity contribution in [2.24, 2.45) is 0 Å². The molecule has 4 aromatic carbocycles. The highest BCUT2D eigenvalue weighted by Crippen LogP contribution is 2.43. The zero-order chi connectivity index (χ0) is 11.0. The molecule has 78 valence electrons. The van der Waals surface area contributed by atoms with Gasteiger partial charge in [-0.25, -0.2) is 0 Å². The first-order valence-corrected chi connectivity index (χ1v) is 6.10. The summed E-state index contributed by atoms with van der Waals surface area (Å²) in [5, 5.41) is 8.60. The van der Waals surface area contributed by atoms with Gasteiger partial charge in [0.25, 0.3) is 0 Å². The van der Waals surface area contributed by atoms with Crippen LogP contribution in [0.4, 0.5) is 0 Å². The van der Waals surface area contributed by atoms with Crippen LogP contribution in [0.3, 0.4) is 0 Å². The van der Waals surface area contributed by atoms with E-state index in [4.69, 9.17) is 0 Å². The second-order valence-electron chi connectivity index (χ2n) is 5.06. The lowest BCUT2D eigenvalue weighted by atomic mass is 9.80. The van der Waals surface area contributed by atoms with Crippen LogP contribution < -0.4 is 0 Å². The van der Waals surface area contributed by atoms with Gasteiger partial charge in [0.05, 0.1) is 0 Å². The van der Waals surface area contributed by atoms with Crippen molar-refractivity contribution in [2.45, 2.75) is 6.42 Å². The molecule has 0 N–H and O–H groups in total. The van der Waals surface area contributed by atoms with Crippen molar-refractivity contribution >= 4 is 32.3 Å². The quantitative estimate of drug-likeness (QED) is 0.333. The molecule has 0 heterocycles. The van der Waals surface area contributed by atoms with E-state index in [0.717, 1.165) is 6.42 Å².